The van der Waals surface area contributed by atoms with Crippen molar-refractivity contribution in [1.82, 2.24) is 14.4 Å². The first-order chi connectivity index (χ1) is 15.6. The zero-order chi connectivity index (χ0) is 21.9. The average Bonchev–Trinajstić information content (AvgIpc) is 3.46. The van der Waals surface area contributed by atoms with Gasteiger partial charge in [-0.1, -0.05) is 28.1 Å². The van der Waals surface area contributed by atoms with Crippen molar-refractivity contribution < 1.29 is 13.9 Å². The minimum absolute atomic E-state index is 0.218. The van der Waals surface area contributed by atoms with Gasteiger partial charge < -0.3 is 14.5 Å². The number of rotatable bonds is 6. The molecule has 0 aliphatic carbocycles. The number of nitrogens with one attached hydrogen (secondary N) is 1. The van der Waals surface area contributed by atoms with Crippen molar-refractivity contribution in [3.63, 3.8) is 0 Å². The van der Waals surface area contributed by atoms with Crippen molar-refractivity contribution in [3.05, 3.63) is 101 Å². The van der Waals surface area contributed by atoms with E-state index >= 15 is 0 Å². The van der Waals surface area contributed by atoms with Crippen molar-refractivity contribution in [3.8, 4) is 17.0 Å². The van der Waals surface area contributed by atoms with E-state index in [0.717, 1.165) is 21.5 Å². The molecule has 0 spiro atoms. The van der Waals surface area contributed by atoms with Gasteiger partial charge in [0.2, 0.25) is 5.78 Å². The zero-order valence-electron chi connectivity index (χ0n) is 16.7. The maximum atomic E-state index is 12.5. The summed E-state index contributed by atoms with van der Waals surface area (Å²) in [6.07, 6.45) is 5.52. The lowest BCUT2D eigenvalue weighted by Crippen LogP contribution is -2.10. The number of halogens is 1. The summed E-state index contributed by atoms with van der Waals surface area (Å²) in [6, 6.07) is 20.2. The number of anilines is 1. The largest absolute Gasteiger partial charge is 0.486 e. The lowest BCUT2D eigenvalue weighted by Gasteiger charge is -2.05. The van der Waals surface area contributed by atoms with Gasteiger partial charge in [-0.25, -0.2) is 9.97 Å². The van der Waals surface area contributed by atoms with Gasteiger partial charge in [-0.15, -0.1) is 0 Å². The predicted molar refractivity (Wildman–Crippen MR) is 124 cm³/mol. The highest BCUT2D eigenvalue weighted by molar-refractivity contribution is 9.10. The van der Waals surface area contributed by atoms with Crippen LogP contribution in [-0.4, -0.2) is 20.3 Å². The van der Waals surface area contributed by atoms with Gasteiger partial charge in [0.1, 0.15) is 18.1 Å². The Balaban J connectivity index is 1.21. The van der Waals surface area contributed by atoms with Crippen LogP contribution in [0.5, 0.6) is 5.75 Å². The number of nitrogens with zero attached hydrogens (tertiary/aromatic N) is 3. The molecule has 5 rings (SSSR count). The highest BCUT2D eigenvalue weighted by Gasteiger charge is 2.12. The number of imidazole rings is 1. The number of hydrogen-bond donors (Lipinski definition) is 1. The van der Waals surface area contributed by atoms with Crippen molar-refractivity contribution in [2.24, 2.45) is 0 Å². The Morgan fingerprint density at radius 3 is 2.66 bits per heavy atom. The van der Waals surface area contributed by atoms with E-state index in [9.17, 15) is 4.79 Å². The van der Waals surface area contributed by atoms with Crippen LogP contribution < -0.4 is 10.1 Å². The molecule has 8 heteroatoms. The van der Waals surface area contributed by atoms with Gasteiger partial charge in [-0.2, -0.15) is 0 Å². The zero-order valence-corrected chi connectivity index (χ0v) is 18.3. The van der Waals surface area contributed by atoms with E-state index < -0.39 is 0 Å². The number of furan rings is 1. The second-order valence-corrected chi connectivity index (χ2v) is 7.91. The molecule has 7 nitrogen and oxygen atoms in total. The molecule has 3 aromatic heterocycles. The number of amides is 1. The smallest absolute Gasteiger partial charge is 0.291 e. The van der Waals surface area contributed by atoms with Crippen molar-refractivity contribution >= 4 is 33.3 Å². The SMILES string of the molecule is O=C(Nc1ccc(-c2cn3cccnc3n2)cc1)c1ccc(COc2ccc(Br)cc2)o1. The lowest BCUT2D eigenvalue weighted by atomic mass is 10.1. The Morgan fingerprint density at radius 2 is 1.88 bits per heavy atom. The van der Waals surface area contributed by atoms with Gasteiger partial charge in [0.15, 0.2) is 5.76 Å². The molecule has 2 aromatic carbocycles. The minimum atomic E-state index is -0.329. The summed E-state index contributed by atoms with van der Waals surface area (Å²) in [5.41, 5.74) is 2.40. The van der Waals surface area contributed by atoms with Crippen LogP contribution in [-0.2, 0) is 6.61 Å². The van der Waals surface area contributed by atoms with Crippen LogP contribution in [0.2, 0.25) is 0 Å². The number of carbonyl (C=O) groups excluding carboxylic acids is 1. The molecule has 0 radical (unpaired) electrons. The molecule has 0 unspecified atom stereocenters. The van der Waals surface area contributed by atoms with Crippen LogP contribution in [0.1, 0.15) is 16.3 Å². The monoisotopic (exact) mass is 488 g/mol. The summed E-state index contributed by atoms with van der Waals surface area (Å²) >= 11 is 3.39. The van der Waals surface area contributed by atoms with E-state index in [1.807, 2.05) is 71.4 Å². The molecule has 0 fully saturated rings. The first-order valence-electron chi connectivity index (χ1n) is 9.83. The number of benzene rings is 2. The second-order valence-electron chi connectivity index (χ2n) is 6.99. The topological polar surface area (TPSA) is 81.7 Å². The number of hydrogen-bond acceptors (Lipinski definition) is 5. The molecule has 158 valence electrons. The van der Waals surface area contributed by atoms with Crippen molar-refractivity contribution in [2.45, 2.75) is 6.61 Å². The molecule has 0 atom stereocenters. The van der Waals surface area contributed by atoms with Crippen LogP contribution in [0.15, 0.2) is 94.2 Å². The summed E-state index contributed by atoms with van der Waals surface area (Å²) in [4.78, 5) is 21.3. The Kier molecular flexibility index (Phi) is 5.43. The van der Waals surface area contributed by atoms with Gasteiger partial charge in [0, 0.05) is 34.3 Å². The number of aromatic nitrogens is 3. The molecule has 0 bridgehead atoms. The van der Waals surface area contributed by atoms with E-state index in [1.54, 1.807) is 18.3 Å². The fourth-order valence-electron chi connectivity index (χ4n) is 3.15. The van der Waals surface area contributed by atoms with Crippen LogP contribution in [0.25, 0.3) is 17.0 Å². The van der Waals surface area contributed by atoms with Crippen LogP contribution in [0, 0.1) is 0 Å². The molecule has 1 amide bonds. The number of fused-ring (bicyclic) bond motifs is 1. The van der Waals surface area contributed by atoms with Crippen LogP contribution in [0.4, 0.5) is 5.69 Å². The van der Waals surface area contributed by atoms with Gasteiger partial charge in [0.05, 0.1) is 5.69 Å². The van der Waals surface area contributed by atoms with E-state index in [4.69, 9.17) is 9.15 Å². The van der Waals surface area contributed by atoms with E-state index in [1.165, 1.54) is 0 Å². The van der Waals surface area contributed by atoms with Gasteiger partial charge in [0.25, 0.3) is 5.91 Å². The predicted octanol–water partition coefficient (Wildman–Crippen LogP) is 5.58. The Hall–Kier alpha value is -3.91. The highest BCUT2D eigenvalue weighted by atomic mass is 79.9. The Morgan fingerprint density at radius 1 is 1.06 bits per heavy atom. The molecular weight excluding hydrogens is 472 g/mol. The third-order valence-electron chi connectivity index (χ3n) is 4.75. The fourth-order valence-corrected chi connectivity index (χ4v) is 3.41. The highest BCUT2D eigenvalue weighted by Crippen LogP contribution is 2.22. The third-order valence-corrected chi connectivity index (χ3v) is 5.28. The lowest BCUT2D eigenvalue weighted by molar-refractivity contribution is 0.0992. The summed E-state index contributed by atoms with van der Waals surface area (Å²) in [6.45, 7) is 0.234. The Bertz CT molecular complexity index is 1340. The molecule has 1 N–H and O–H groups in total. The fraction of sp³-hybridized carbons (Fsp3) is 0.0417. The molecule has 32 heavy (non-hydrogen) atoms. The third kappa shape index (κ3) is 4.40. The summed E-state index contributed by atoms with van der Waals surface area (Å²) in [7, 11) is 0. The van der Waals surface area contributed by atoms with Crippen molar-refractivity contribution in [2.75, 3.05) is 5.32 Å². The first-order valence-corrected chi connectivity index (χ1v) is 10.6. The number of carbonyl (C=O) groups is 1. The molecule has 0 aliphatic heterocycles. The molecular formula is C24H17BrN4O3. The first kappa shape index (κ1) is 20.0. The molecule has 5 aromatic rings. The van der Waals surface area contributed by atoms with Gasteiger partial charge >= 0.3 is 0 Å². The maximum absolute atomic E-state index is 12.5. The van der Waals surface area contributed by atoms with Gasteiger partial charge in [-0.3, -0.25) is 9.20 Å². The normalized spacial score (nSPS) is 10.9. The minimum Gasteiger partial charge on any atom is -0.486 e. The molecule has 0 saturated heterocycles. The van der Waals surface area contributed by atoms with Gasteiger partial charge in [-0.05, 0) is 54.6 Å². The summed E-state index contributed by atoms with van der Waals surface area (Å²) < 4.78 is 14.1. The maximum Gasteiger partial charge on any atom is 0.291 e. The average molecular weight is 489 g/mol. The van der Waals surface area contributed by atoms with Crippen molar-refractivity contribution in [1.29, 1.82) is 0 Å². The molecule has 0 aliphatic rings. The van der Waals surface area contributed by atoms with E-state index in [-0.39, 0.29) is 18.3 Å². The quantitative estimate of drug-likeness (QED) is 0.337. The standard InChI is InChI=1S/C24H17BrN4O3/c25-17-4-8-19(9-5-17)31-15-20-10-11-22(32-20)23(30)27-18-6-2-16(3-7-18)21-14-29-13-1-12-26-24(29)28-21/h1-14H,15H2,(H,27,30). The Labute approximate surface area is 191 Å². The molecule has 3 heterocycles. The summed E-state index contributed by atoms with van der Waals surface area (Å²) in [5, 5.41) is 2.84. The van der Waals surface area contributed by atoms with E-state index in [0.29, 0.717) is 17.2 Å². The second kappa shape index (κ2) is 8.68. The van der Waals surface area contributed by atoms with Crippen LogP contribution in [0.3, 0.4) is 0 Å². The number of ether oxygens (including phenoxy) is 1. The van der Waals surface area contributed by atoms with E-state index in [2.05, 4.69) is 31.2 Å². The molecule has 0 saturated carbocycles. The summed E-state index contributed by atoms with van der Waals surface area (Å²) in [5.74, 6) is 1.81. The van der Waals surface area contributed by atoms with Crippen LogP contribution >= 0.6 is 15.9 Å².